The molecule has 2 unspecified atom stereocenters. The third-order valence-electron chi connectivity index (χ3n) is 4.68. The van der Waals surface area contributed by atoms with E-state index in [0.717, 1.165) is 0 Å². The molecule has 2 heterocycles. The molecule has 0 N–H and O–H groups in total. The van der Waals surface area contributed by atoms with Crippen molar-refractivity contribution in [2.24, 2.45) is 0 Å². The summed E-state index contributed by atoms with van der Waals surface area (Å²) < 4.78 is 11.2. The molecular weight excluding hydrogens is 460 g/mol. The van der Waals surface area contributed by atoms with E-state index in [0.29, 0.717) is 31.5 Å². The molecule has 0 saturated carbocycles. The van der Waals surface area contributed by atoms with Crippen molar-refractivity contribution in [2.75, 3.05) is 24.0 Å². The SMILES string of the molecule is COc1ccc(N2C(=O)C(C3SC(=S)N(c4ccc(OC)cc4)C3=O)SC2=S)cc1. The largest absolute Gasteiger partial charge is 0.497 e. The molecule has 0 radical (unpaired) electrons. The van der Waals surface area contributed by atoms with Crippen molar-refractivity contribution in [3.8, 4) is 11.5 Å². The summed E-state index contributed by atoms with van der Waals surface area (Å²) in [4.78, 5) is 29.3. The molecule has 0 aromatic heterocycles. The molecule has 10 heteroatoms. The maximum atomic E-state index is 13.2. The van der Waals surface area contributed by atoms with Crippen LogP contribution in [0.5, 0.6) is 11.5 Å². The van der Waals surface area contributed by atoms with Gasteiger partial charge in [0.25, 0.3) is 0 Å². The summed E-state index contributed by atoms with van der Waals surface area (Å²) in [6.45, 7) is 0. The third-order valence-corrected chi connectivity index (χ3v) is 8.02. The number of carbonyl (C=O) groups excluding carboxylic acids is 2. The maximum absolute atomic E-state index is 13.2. The second kappa shape index (κ2) is 8.54. The van der Waals surface area contributed by atoms with Gasteiger partial charge in [-0.05, 0) is 48.5 Å². The zero-order valence-electron chi connectivity index (χ0n) is 15.9. The molecule has 30 heavy (non-hydrogen) atoms. The van der Waals surface area contributed by atoms with Gasteiger partial charge in [-0.2, -0.15) is 0 Å². The smallest absolute Gasteiger partial charge is 0.247 e. The van der Waals surface area contributed by atoms with Crippen LogP contribution in [0.4, 0.5) is 11.4 Å². The summed E-state index contributed by atoms with van der Waals surface area (Å²) in [5.74, 6) is 0.922. The molecule has 2 fully saturated rings. The molecule has 2 atom stereocenters. The summed E-state index contributed by atoms with van der Waals surface area (Å²) in [7, 11) is 3.15. The van der Waals surface area contributed by atoms with E-state index in [1.165, 1.54) is 33.3 Å². The monoisotopic (exact) mass is 476 g/mol. The number of rotatable bonds is 5. The van der Waals surface area contributed by atoms with Crippen molar-refractivity contribution in [3.05, 3.63) is 48.5 Å². The number of thiocarbonyl (C=S) groups is 2. The van der Waals surface area contributed by atoms with E-state index in [1.54, 1.807) is 62.8 Å². The van der Waals surface area contributed by atoms with Crippen LogP contribution in [-0.4, -0.2) is 45.2 Å². The zero-order chi connectivity index (χ0) is 21.4. The average Bonchev–Trinajstić information content (AvgIpc) is 3.22. The van der Waals surface area contributed by atoms with E-state index < -0.39 is 10.5 Å². The number of anilines is 2. The fourth-order valence-corrected chi connectivity index (χ4v) is 6.44. The Bertz CT molecular complexity index is 943. The van der Waals surface area contributed by atoms with E-state index in [-0.39, 0.29) is 11.8 Å². The molecule has 2 aromatic carbocycles. The number of methoxy groups -OCH3 is 2. The highest BCUT2D eigenvalue weighted by atomic mass is 32.2. The lowest BCUT2D eigenvalue weighted by Crippen LogP contribution is -2.40. The van der Waals surface area contributed by atoms with Crippen molar-refractivity contribution < 1.29 is 19.1 Å². The lowest BCUT2D eigenvalue weighted by molar-refractivity contribution is -0.121. The van der Waals surface area contributed by atoms with Gasteiger partial charge >= 0.3 is 0 Å². The second-order valence-corrected chi connectivity index (χ2v) is 9.90. The van der Waals surface area contributed by atoms with Crippen LogP contribution in [0.3, 0.4) is 0 Å². The van der Waals surface area contributed by atoms with Gasteiger partial charge in [-0.3, -0.25) is 19.4 Å². The van der Waals surface area contributed by atoms with Gasteiger partial charge in [0.05, 0.1) is 25.6 Å². The summed E-state index contributed by atoms with van der Waals surface area (Å²) in [5.41, 5.74) is 1.29. The molecule has 0 spiro atoms. The standard InChI is InChI=1S/C20H16N2O4S4/c1-25-13-7-3-11(4-8-13)21-17(23)15(29-19(21)27)16-18(24)22(20(28)30-16)12-5-9-14(26-2)10-6-12/h3-10,15-16H,1-2H3. The van der Waals surface area contributed by atoms with Crippen LogP contribution in [0.25, 0.3) is 0 Å². The molecule has 0 aliphatic carbocycles. The first kappa shape index (κ1) is 21.1. The van der Waals surface area contributed by atoms with Gasteiger partial charge in [-0.15, -0.1) is 0 Å². The Labute approximate surface area is 192 Å². The molecule has 2 amide bonds. The Morgan fingerprint density at radius 3 is 1.33 bits per heavy atom. The average molecular weight is 477 g/mol. The highest BCUT2D eigenvalue weighted by molar-refractivity contribution is 8.28. The Balaban J connectivity index is 1.56. The predicted molar refractivity (Wildman–Crippen MR) is 129 cm³/mol. The molecule has 2 aliphatic heterocycles. The van der Waals surface area contributed by atoms with Crippen molar-refractivity contribution in [1.82, 2.24) is 0 Å². The number of hydrogen-bond acceptors (Lipinski definition) is 8. The Morgan fingerprint density at radius 2 is 1.03 bits per heavy atom. The molecule has 2 aromatic rings. The summed E-state index contributed by atoms with van der Waals surface area (Å²) in [5, 5.41) is -1.28. The van der Waals surface area contributed by atoms with Gasteiger partial charge in [-0.1, -0.05) is 48.0 Å². The third kappa shape index (κ3) is 3.68. The molecule has 4 rings (SSSR count). The van der Waals surface area contributed by atoms with Crippen LogP contribution in [0.1, 0.15) is 0 Å². The van der Waals surface area contributed by atoms with E-state index >= 15 is 0 Å². The van der Waals surface area contributed by atoms with Crippen molar-refractivity contribution in [2.45, 2.75) is 10.5 Å². The second-order valence-electron chi connectivity index (χ2n) is 6.35. The van der Waals surface area contributed by atoms with Crippen molar-refractivity contribution in [1.29, 1.82) is 0 Å². The van der Waals surface area contributed by atoms with Crippen LogP contribution >= 0.6 is 48.0 Å². The first-order valence-corrected chi connectivity index (χ1v) is 11.4. The quantitative estimate of drug-likeness (QED) is 0.603. The van der Waals surface area contributed by atoms with Crippen LogP contribution in [0.2, 0.25) is 0 Å². The lowest BCUT2D eigenvalue weighted by atomic mass is 10.2. The van der Waals surface area contributed by atoms with Gasteiger partial charge < -0.3 is 9.47 Å². The fourth-order valence-electron chi connectivity index (χ4n) is 3.17. The predicted octanol–water partition coefficient (Wildman–Crippen LogP) is 3.87. The van der Waals surface area contributed by atoms with E-state index in [9.17, 15) is 9.59 Å². The van der Waals surface area contributed by atoms with Gasteiger partial charge in [0.2, 0.25) is 11.8 Å². The minimum Gasteiger partial charge on any atom is -0.497 e. The summed E-state index contributed by atoms with van der Waals surface area (Å²) >= 11 is 13.3. The lowest BCUT2D eigenvalue weighted by Gasteiger charge is -2.18. The minimum absolute atomic E-state index is 0.222. The summed E-state index contributed by atoms with van der Waals surface area (Å²) in [6.07, 6.45) is 0. The van der Waals surface area contributed by atoms with E-state index in [2.05, 4.69) is 0 Å². The Morgan fingerprint density at radius 1 is 0.700 bits per heavy atom. The molecule has 2 aliphatic rings. The van der Waals surface area contributed by atoms with Gasteiger partial charge in [0.15, 0.2) is 0 Å². The van der Waals surface area contributed by atoms with Crippen molar-refractivity contribution >= 4 is 79.8 Å². The Hall–Kier alpha value is -2.14. The number of ether oxygens (including phenoxy) is 2. The number of benzene rings is 2. The number of amides is 2. The van der Waals surface area contributed by atoms with Gasteiger partial charge in [0, 0.05) is 0 Å². The molecule has 0 bridgehead atoms. The van der Waals surface area contributed by atoms with Gasteiger partial charge in [-0.25, -0.2) is 0 Å². The van der Waals surface area contributed by atoms with Crippen LogP contribution in [0, 0.1) is 0 Å². The normalized spacial score (nSPS) is 21.5. The van der Waals surface area contributed by atoms with Crippen LogP contribution in [0.15, 0.2) is 48.5 Å². The first-order chi connectivity index (χ1) is 14.4. The highest BCUT2D eigenvalue weighted by Gasteiger charge is 2.51. The Kier molecular flexibility index (Phi) is 6.01. The van der Waals surface area contributed by atoms with Gasteiger partial charge in [0.1, 0.15) is 30.6 Å². The summed E-state index contributed by atoms with van der Waals surface area (Å²) in [6, 6.07) is 14.1. The molecular formula is C20H16N2O4S4. The number of hydrogen-bond donors (Lipinski definition) is 0. The molecule has 6 nitrogen and oxygen atoms in total. The number of thioether (sulfide) groups is 2. The molecule has 2 saturated heterocycles. The number of carbonyl (C=O) groups is 2. The fraction of sp³-hybridized carbons (Fsp3) is 0.200. The van der Waals surface area contributed by atoms with Crippen molar-refractivity contribution in [3.63, 3.8) is 0 Å². The van der Waals surface area contributed by atoms with E-state index in [1.807, 2.05) is 0 Å². The highest BCUT2D eigenvalue weighted by Crippen LogP contribution is 2.43. The maximum Gasteiger partial charge on any atom is 0.247 e. The van der Waals surface area contributed by atoms with Crippen LogP contribution < -0.4 is 19.3 Å². The zero-order valence-corrected chi connectivity index (χ0v) is 19.2. The minimum atomic E-state index is -0.640. The topological polar surface area (TPSA) is 59.1 Å². The van der Waals surface area contributed by atoms with Crippen LogP contribution in [-0.2, 0) is 9.59 Å². The first-order valence-electron chi connectivity index (χ1n) is 8.82. The van der Waals surface area contributed by atoms with E-state index in [4.69, 9.17) is 33.9 Å². The molecule has 154 valence electrons. The number of nitrogens with zero attached hydrogens (tertiary/aromatic N) is 2.